The minimum absolute atomic E-state index is 0.148. The van der Waals surface area contributed by atoms with Gasteiger partial charge in [-0.3, -0.25) is 4.79 Å². The van der Waals surface area contributed by atoms with Crippen molar-refractivity contribution >= 4 is 17.5 Å². The maximum atomic E-state index is 12.0. The zero-order chi connectivity index (χ0) is 14.7. The van der Waals surface area contributed by atoms with Gasteiger partial charge in [-0.15, -0.1) is 0 Å². The van der Waals surface area contributed by atoms with E-state index in [0.717, 1.165) is 18.7 Å². The molecule has 0 aromatic carbocycles. The summed E-state index contributed by atoms with van der Waals surface area (Å²) >= 11 is 0. The van der Waals surface area contributed by atoms with Crippen LogP contribution in [0, 0.1) is 0 Å². The number of nitrogens with one attached hydrogen (secondary N) is 1. The van der Waals surface area contributed by atoms with Crippen molar-refractivity contribution in [1.29, 1.82) is 0 Å². The summed E-state index contributed by atoms with van der Waals surface area (Å²) in [6.45, 7) is 3.19. The highest BCUT2D eigenvalue weighted by Crippen LogP contribution is 2.38. The highest BCUT2D eigenvalue weighted by Gasteiger charge is 2.27. The summed E-state index contributed by atoms with van der Waals surface area (Å²) in [6.07, 6.45) is 2.72. The normalized spacial score (nSPS) is 18.6. The summed E-state index contributed by atoms with van der Waals surface area (Å²) in [5.41, 5.74) is 5.79. The van der Waals surface area contributed by atoms with E-state index in [4.69, 9.17) is 10.5 Å². The summed E-state index contributed by atoms with van der Waals surface area (Å²) in [6, 6.07) is 1.71. The van der Waals surface area contributed by atoms with E-state index in [1.807, 2.05) is 4.90 Å². The van der Waals surface area contributed by atoms with E-state index < -0.39 is 0 Å². The fraction of sp³-hybridized carbons (Fsp3) is 0.643. The molecular formula is C14H21N5O2. The molecule has 2 aliphatic rings. The van der Waals surface area contributed by atoms with Gasteiger partial charge in [0.1, 0.15) is 17.5 Å². The van der Waals surface area contributed by atoms with Crippen molar-refractivity contribution in [3.63, 3.8) is 0 Å². The summed E-state index contributed by atoms with van der Waals surface area (Å²) in [5, 5.41) is 3.17. The van der Waals surface area contributed by atoms with Crippen LogP contribution in [0.3, 0.4) is 0 Å². The van der Waals surface area contributed by atoms with Crippen molar-refractivity contribution < 1.29 is 9.53 Å². The number of nitrogens with two attached hydrogens (primary N) is 1. The molecule has 1 aliphatic heterocycles. The lowest BCUT2D eigenvalue weighted by molar-refractivity contribution is -0.134. The van der Waals surface area contributed by atoms with E-state index in [2.05, 4.69) is 15.3 Å². The number of rotatable bonds is 5. The van der Waals surface area contributed by atoms with E-state index in [1.165, 1.54) is 0 Å². The maximum Gasteiger partial charge on any atom is 0.224 e. The topological polar surface area (TPSA) is 93.4 Å². The van der Waals surface area contributed by atoms with E-state index in [-0.39, 0.29) is 5.91 Å². The van der Waals surface area contributed by atoms with Crippen LogP contribution >= 0.6 is 0 Å². The Balaban J connectivity index is 1.49. The van der Waals surface area contributed by atoms with Crippen LogP contribution in [0.25, 0.3) is 0 Å². The van der Waals surface area contributed by atoms with Crippen LogP contribution in [0.2, 0.25) is 0 Å². The molecule has 3 rings (SSSR count). The fourth-order valence-electron chi connectivity index (χ4n) is 2.37. The Morgan fingerprint density at radius 2 is 2.14 bits per heavy atom. The summed E-state index contributed by atoms with van der Waals surface area (Å²) < 4.78 is 5.24. The van der Waals surface area contributed by atoms with Crippen molar-refractivity contribution in [2.75, 3.05) is 43.9 Å². The minimum Gasteiger partial charge on any atom is -0.384 e. The molecule has 21 heavy (non-hydrogen) atoms. The van der Waals surface area contributed by atoms with E-state index in [0.29, 0.717) is 56.8 Å². The highest BCUT2D eigenvalue weighted by atomic mass is 16.5. The Kier molecular flexibility index (Phi) is 4.19. The second-order valence-electron chi connectivity index (χ2n) is 5.48. The van der Waals surface area contributed by atoms with E-state index in [1.54, 1.807) is 6.07 Å². The third-order valence-corrected chi connectivity index (χ3v) is 3.71. The molecule has 1 aromatic rings. The lowest BCUT2D eigenvalue weighted by atomic mass is 10.3. The minimum atomic E-state index is 0.148. The van der Waals surface area contributed by atoms with Gasteiger partial charge in [-0.2, -0.15) is 0 Å². The van der Waals surface area contributed by atoms with Gasteiger partial charge in [0.15, 0.2) is 0 Å². The van der Waals surface area contributed by atoms with Crippen LogP contribution in [0.5, 0.6) is 0 Å². The Bertz CT molecular complexity index is 512. The SMILES string of the molecule is Nc1cc(NCCC(=O)N2CCOCC2)nc(C2CC2)n1. The van der Waals surface area contributed by atoms with Crippen molar-refractivity contribution in [2.24, 2.45) is 0 Å². The van der Waals surface area contributed by atoms with Crippen LogP contribution in [-0.4, -0.2) is 53.6 Å². The molecule has 0 atom stereocenters. The van der Waals surface area contributed by atoms with Gasteiger partial charge in [0, 0.05) is 38.0 Å². The monoisotopic (exact) mass is 291 g/mol. The van der Waals surface area contributed by atoms with Gasteiger partial charge < -0.3 is 20.7 Å². The van der Waals surface area contributed by atoms with Gasteiger partial charge in [-0.25, -0.2) is 9.97 Å². The van der Waals surface area contributed by atoms with Gasteiger partial charge >= 0.3 is 0 Å². The van der Waals surface area contributed by atoms with Crippen molar-refractivity contribution in [3.8, 4) is 0 Å². The molecule has 0 radical (unpaired) electrons. The molecule has 0 spiro atoms. The fourth-order valence-corrected chi connectivity index (χ4v) is 2.37. The number of aromatic nitrogens is 2. The molecule has 2 fully saturated rings. The van der Waals surface area contributed by atoms with Crippen LogP contribution in [0.1, 0.15) is 31.0 Å². The van der Waals surface area contributed by atoms with E-state index >= 15 is 0 Å². The maximum absolute atomic E-state index is 12.0. The quantitative estimate of drug-likeness (QED) is 0.825. The number of hydrogen-bond donors (Lipinski definition) is 2. The first kappa shape index (κ1) is 14.1. The molecule has 114 valence electrons. The van der Waals surface area contributed by atoms with Gasteiger partial charge in [-0.05, 0) is 12.8 Å². The third-order valence-electron chi connectivity index (χ3n) is 3.71. The van der Waals surface area contributed by atoms with Gasteiger partial charge in [-0.1, -0.05) is 0 Å². The number of ether oxygens (including phenoxy) is 1. The smallest absolute Gasteiger partial charge is 0.224 e. The predicted molar refractivity (Wildman–Crippen MR) is 78.9 cm³/mol. The lowest BCUT2D eigenvalue weighted by Gasteiger charge is -2.26. The Morgan fingerprint density at radius 1 is 1.38 bits per heavy atom. The number of anilines is 2. The average Bonchev–Trinajstić information content (AvgIpc) is 3.32. The molecular weight excluding hydrogens is 270 g/mol. The second-order valence-corrected chi connectivity index (χ2v) is 5.48. The zero-order valence-electron chi connectivity index (χ0n) is 12.0. The summed E-state index contributed by atoms with van der Waals surface area (Å²) in [7, 11) is 0. The average molecular weight is 291 g/mol. The zero-order valence-corrected chi connectivity index (χ0v) is 12.0. The standard InChI is InChI=1S/C14H21N5O2/c15-11-9-12(18-14(17-11)10-1-2-10)16-4-3-13(20)19-5-7-21-8-6-19/h9-10H,1-8H2,(H3,15,16,17,18). The Hall–Kier alpha value is -1.89. The molecule has 7 heteroatoms. The lowest BCUT2D eigenvalue weighted by Crippen LogP contribution is -2.41. The molecule has 1 aliphatic carbocycles. The molecule has 1 saturated heterocycles. The first-order valence-corrected chi connectivity index (χ1v) is 7.46. The van der Waals surface area contributed by atoms with Gasteiger partial charge in [0.25, 0.3) is 0 Å². The molecule has 1 amide bonds. The first-order chi connectivity index (χ1) is 10.2. The summed E-state index contributed by atoms with van der Waals surface area (Å²) in [5.74, 6) is 2.62. The van der Waals surface area contributed by atoms with Gasteiger partial charge in [0.2, 0.25) is 5.91 Å². The Labute approximate surface area is 123 Å². The molecule has 2 heterocycles. The van der Waals surface area contributed by atoms with Crippen LogP contribution < -0.4 is 11.1 Å². The number of nitrogens with zero attached hydrogens (tertiary/aromatic N) is 3. The molecule has 3 N–H and O–H groups in total. The van der Waals surface area contributed by atoms with Crippen molar-refractivity contribution in [3.05, 3.63) is 11.9 Å². The number of amides is 1. The largest absolute Gasteiger partial charge is 0.384 e. The highest BCUT2D eigenvalue weighted by molar-refractivity contribution is 5.76. The van der Waals surface area contributed by atoms with Gasteiger partial charge in [0.05, 0.1) is 13.2 Å². The number of morpholine rings is 1. The molecule has 7 nitrogen and oxygen atoms in total. The third kappa shape index (κ3) is 3.81. The van der Waals surface area contributed by atoms with Crippen LogP contribution in [-0.2, 0) is 9.53 Å². The molecule has 0 bridgehead atoms. The Morgan fingerprint density at radius 3 is 2.86 bits per heavy atom. The van der Waals surface area contributed by atoms with Crippen LogP contribution in [0.4, 0.5) is 11.6 Å². The number of carbonyl (C=O) groups is 1. The van der Waals surface area contributed by atoms with Crippen molar-refractivity contribution in [1.82, 2.24) is 14.9 Å². The summed E-state index contributed by atoms with van der Waals surface area (Å²) in [4.78, 5) is 22.6. The second kappa shape index (κ2) is 6.26. The van der Waals surface area contributed by atoms with Crippen molar-refractivity contribution in [2.45, 2.75) is 25.2 Å². The molecule has 1 aromatic heterocycles. The molecule has 1 saturated carbocycles. The number of carbonyl (C=O) groups excluding carboxylic acids is 1. The van der Waals surface area contributed by atoms with Crippen LogP contribution in [0.15, 0.2) is 6.07 Å². The predicted octanol–water partition coefficient (Wildman–Crippen LogP) is 0.597. The van der Waals surface area contributed by atoms with E-state index in [9.17, 15) is 4.79 Å². The number of hydrogen-bond acceptors (Lipinski definition) is 6. The molecule has 0 unspecified atom stereocenters. The number of nitrogen functional groups attached to an aromatic ring is 1. The first-order valence-electron chi connectivity index (χ1n) is 7.46.